The zero-order chi connectivity index (χ0) is 26.9. The zero-order valence-electron chi connectivity index (χ0n) is 22.2. The first kappa shape index (κ1) is 27.5. The molecule has 0 aliphatic rings. The van der Waals surface area contributed by atoms with Crippen molar-refractivity contribution in [3.63, 3.8) is 0 Å². The largest absolute Gasteiger partial charge is 0.493 e. The van der Waals surface area contributed by atoms with Crippen LogP contribution in [0.2, 0.25) is 0 Å². The molecule has 0 aromatic heterocycles. The highest BCUT2D eigenvalue weighted by atomic mass is 19.2. The average Bonchev–Trinajstić information content (AvgIpc) is 2.93. The maximum Gasteiger partial charge on any atom is 0.167 e. The first-order valence-electron chi connectivity index (χ1n) is 13.5. The Hall–Kier alpha value is -3.53. The van der Waals surface area contributed by atoms with Crippen LogP contribution < -0.4 is 4.74 Å². The van der Waals surface area contributed by atoms with Gasteiger partial charge in [0.2, 0.25) is 0 Å². The minimum Gasteiger partial charge on any atom is -0.493 e. The van der Waals surface area contributed by atoms with E-state index >= 15 is 0 Å². The summed E-state index contributed by atoms with van der Waals surface area (Å²) >= 11 is 0. The zero-order valence-corrected chi connectivity index (χ0v) is 22.2. The summed E-state index contributed by atoms with van der Waals surface area (Å²) in [6.45, 7) is 4.74. The van der Waals surface area contributed by atoms with E-state index in [-0.39, 0.29) is 16.9 Å². The Morgan fingerprint density at radius 3 is 1.84 bits per heavy atom. The summed E-state index contributed by atoms with van der Waals surface area (Å²) in [6.07, 6.45) is 6.94. The number of hydrogen-bond donors (Lipinski definition) is 0. The lowest BCUT2D eigenvalue weighted by Crippen LogP contribution is -2.00. The highest BCUT2D eigenvalue weighted by molar-refractivity contribution is 5.72. The highest BCUT2D eigenvalue weighted by Crippen LogP contribution is 2.32. The van der Waals surface area contributed by atoms with E-state index in [1.54, 1.807) is 42.5 Å². The quantitative estimate of drug-likeness (QED) is 0.170. The summed E-state index contributed by atoms with van der Waals surface area (Å²) in [5.41, 5.74) is 4.39. The van der Waals surface area contributed by atoms with Crippen molar-refractivity contribution in [1.29, 1.82) is 0 Å². The lowest BCUT2D eigenvalue weighted by atomic mass is 9.97. The second-order valence-electron chi connectivity index (χ2n) is 9.87. The molecule has 0 saturated carbocycles. The smallest absolute Gasteiger partial charge is 0.167 e. The molecule has 0 heterocycles. The van der Waals surface area contributed by atoms with Gasteiger partial charge in [-0.2, -0.15) is 0 Å². The van der Waals surface area contributed by atoms with Gasteiger partial charge in [0.25, 0.3) is 0 Å². The third kappa shape index (κ3) is 7.06. The van der Waals surface area contributed by atoms with Crippen LogP contribution in [0.25, 0.3) is 22.3 Å². The van der Waals surface area contributed by atoms with E-state index in [1.807, 2.05) is 37.3 Å². The van der Waals surface area contributed by atoms with Gasteiger partial charge in [0.1, 0.15) is 11.6 Å². The van der Waals surface area contributed by atoms with Gasteiger partial charge < -0.3 is 4.74 Å². The number of hydrogen-bond acceptors (Lipinski definition) is 1. The Morgan fingerprint density at radius 1 is 0.632 bits per heavy atom. The summed E-state index contributed by atoms with van der Waals surface area (Å²) in [6, 6.07) is 23.0. The standard InChI is InChI=1S/C34H35F3O/c1-3-4-5-6-7-22-38-29-19-18-28(32(35)23-29)17-12-25-10-15-27(16-11-25)31-21-20-30(33(36)34(31)37)26-13-8-24(2)9-14-26/h8-11,13-16,18-21,23H,3-7,12,17,22H2,1-2H3. The number of rotatable bonds is 12. The molecule has 4 rings (SSSR count). The fourth-order valence-electron chi connectivity index (χ4n) is 4.57. The van der Waals surface area contributed by atoms with Crippen molar-refractivity contribution >= 4 is 0 Å². The van der Waals surface area contributed by atoms with Crippen LogP contribution in [0.5, 0.6) is 5.75 Å². The molecule has 0 atom stereocenters. The van der Waals surface area contributed by atoms with Gasteiger partial charge in [-0.1, -0.05) is 105 Å². The van der Waals surface area contributed by atoms with Gasteiger partial charge in [-0.05, 0) is 54.5 Å². The van der Waals surface area contributed by atoms with E-state index in [9.17, 15) is 13.2 Å². The Balaban J connectivity index is 1.35. The Kier molecular flexibility index (Phi) is 9.64. The third-order valence-corrected chi connectivity index (χ3v) is 6.93. The van der Waals surface area contributed by atoms with E-state index in [2.05, 4.69) is 6.92 Å². The molecule has 0 amide bonds. The molecular weight excluding hydrogens is 481 g/mol. The summed E-state index contributed by atoms with van der Waals surface area (Å²) in [4.78, 5) is 0. The molecule has 4 heteroatoms. The van der Waals surface area contributed by atoms with Crippen LogP contribution >= 0.6 is 0 Å². The van der Waals surface area contributed by atoms with Gasteiger partial charge in [0, 0.05) is 17.2 Å². The molecule has 0 aliphatic carbocycles. The van der Waals surface area contributed by atoms with Crippen molar-refractivity contribution < 1.29 is 17.9 Å². The molecule has 0 aliphatic heterocycles. The van der Waals surface area contributed by atoms with E-state index in [0.717, 1.165) is 24.0 Å². The third-order valence-electron chi connectivity index (χ3n) is 6.93. The lowest BCUT2D eigenvalue weighted by molar-refractivity contribution is 0.303. The number of aryl methyl sites for hydroxylation is 3. The van der Waals surface area contributed by atoms with Crippen LogP contribution in [0.1, 0.15) is 55.7 Å². The van der Waals surface area contributed by atoms with Gasteiger partial charge in [-0.15, -0.1) is 0 Å². The fourth-order valence-corrected chi connectivity index (χ4v) is 4.57. The van der Waals surface area contributed by atoms with Crippen molar-refractivity contribution in [2.24, 2.45) is 0 Å². The molecule has 4 aromatic carbocycles. The van der Waals surface area contributed by atoms with Gasteiger partial charge >= 0.3 is 0 Å². The number of benzene rings is 4. The van der Waals surface area contributed by atoms with Gasteiger partial charge in [-0.25, -0.2) is 13.2 Å². The van der Waals surface area contributed by atoms with Crippen LogP contribution in [0.3, 0.4) is 0 Å². The van der Waals surface area contributed by atoms with Gasteiger partial charge in [0.15, 0.2) is 11.6 Å². The highest BCUT2D eigenvalue weighted by Gasteiger charge is 2.16. The Labute approximate surface area is 224 Å². The summed E-state index contributed by atoms with van der Waals surface area (Å²) < 4.78 is 50.2. The van der Waals surface area contributed by atoms with Crippen LogP contribution in [-0.4, -0.2) is 6.61 Å². The summed E-state index contributed by atoms with van der Waals surface area (Å²) in [5.74, 6) is -1.42. The molecule has 0 radical (unpaired) electrons. The SMILES string of the molecule is CCCCCCCOc1ccc(CCc2ccc(-c3ccc(-c4ccc(C)cc4)c(F)c3F)cc2)c(F)c1. The Morgan fingerprint density at radius 2 is 1.24 bits per heavy atom. The van der Waals surface area contributed by atoms with Crippen LogP contribution in [0.4, 0.5) is 13.2 Å². The van der Waals surface area contributed by atoms with Crippen molar-refractivity contribution in [3.05, 3.63) is 113 Å². The molecule has 38 heavy (non-hydrogen) atoms. The summed E-state index contributed by atoms with van der Waals surface area (Å²) in [7, 11) is 0. The number of halogens is 3. The number of unbranched alkanes of at least 4 members (excludes halogenated alkanes) is 4. The van der Waals surface area contributed by atoms with E-state index < -0.39 is 11.6 Å². The van der Waals surface area contributed by atoms with Crippen LogP contribution in [0, 0.1) is 24.4 Å². The molecule has 0 saturated heterocycles. The predicted octanol–water partition coefficient (Wildman–Crippen LogP) is 9.88. The number of ether oxygens (including phenoxy) is 1. The molecular formula is C34H35F3O. The van der Waals surface area contributed by atoms with E-state index in [1.165, 1.54) is 25.3 Å². The first-order chi connectivity index (χ1) is 18.5. The predicted molar refractivity (Wildman–Crippen MR) is 150 cm³/mol. The maximum absolute atomic E-state index is 15.0. The Bertz CT molecular complexity index is 1330. The monoisotopic (exact) mass is 516 g/mol. The molecule has 4 aromatic rings. The molecule has 0 bridgehead atoms. The van der Waals surface area contributed by atoms with Crippen molar-refractivity contribution in [1.82, 2.24) is 0 Å². The van der Waals surface area contributed by atoms with Crippen molar-refractivity contribution in [3.8, 4) is 28.0 Å². The minimum atomic E-state index is -0.860. The molecule has 198 valence electrons. The second kappa shape index (κ2) is 13.3. The minimum absolute atomic E-state index is 0.219. The fraction of sp³-hybridized carbons (Fsp3) is 0.294. The van der Waals surface area contributed by atoms with Gasteiger partial charge in [0.05, 0.1) is 6.61 Å². The van der Waals surface area contributed by atoms with Gasteiger partial charge in [-0.3, -0.25) is 0 Å². The van der Waals surface area contributed by atoms with E-state index in [4.69, 9.17) is 4.74 Å². The molecule has 0 unspecified atom stereocenters. The molecule has 0 N–H and O–H groups in total. The average molecular weight is 517 g/mol. The topological polar surface area (TPSA) is 9.23 Å². The normalized spacial score (nSPS) is 11.1. The first-order valence-corrected chi connectivity index (χ1v) is 13.5. The maximum atomic E-state index is 15.0. The molecule has 0 spiro atoms. The van der Waals surface area contributed by atoms with Crippen molar-refractivity contribution in [2.75, 3.05) is 6.61 Å². The lowest BCUT2D eigenvalue weighted by Gasteiger charge is -2.11. The van der Waals surface area contributed by atoms with Crippen LogP contribution in [-0.2, 0) is 12.8 Å². The molecule has 0 fully saturated rings. The van der Waals surface area contributed by atoms with Crippen molar-refractivity contribution in [2.45, 2.75) is 58.8 Å². The summed E-state index contributed by atoms with van der Waals surface area (Å²) in [5, 5.41) is 0. The van der Waals surface area contributed by atoms with E-state index in [0.29, 0.717) is 41.9 Å². The molecule has 1 nitrogen and oxygen atoms in total. The van der Waals surface area contributed by atoms with Crippen LogP contribution in [0.15, 0.2) is 78.9 Å². The second-order valence-corrected chi connectivity index (χ2v) is 9.87.